The van der Waals surface area contributed by atoms with Crippen molar-refractivity contribution in [2.24, 2.45) is 91.5 Å². The molecule has 32 heteroatoms. The number of nitrogens with one attached hydrogen (secondary N) is 8. The van der Waals surface area contributed by atoms with E-state index in [9.17, 15) is 67.4 Å². The number of imidazole rings is 1. The van der Waals surface area contributed by atoms with E-state index in [2.05, 4.69) is 63.8 Å². The molecule has 23 N–H and O–H groups in total. The number of aromatic amines is 2. The van der Waals surface area contributed by atoms with Gasteiger partial charge >= 0.3 is 0 Å². The van der Waals surface area contributed by atoms with Crippen molar-refractivity contribution >= 4 is 99.1 Å². The summed E-state index contributed by atoms with van der Waals surface area (Å²) >= 11 is 0. The molecule has 2 aromatic heterocycles. The van der Waals surface area contributed by atoms with Gasteiger partial charge in [0.05, 0.1) is 37.4 Å². The average Bonchev–Trinajstić information content (AvgIpc) is 1.64. The summed E-state index contributed by atoms with van der Waals surface area (Å²) in [5, 5.41) is 27.5. The van der Waals surface area contributed by atoms with Gasteiger partial charge < -0.3 is 91.9 Å². The van der Waals surface area contributed by atoms with Gasteiger partial charge in [-0.3, -0.25) is 67.5 Å². The molecule has 0 saturated carbocycles. The van der Waals surface area contributed by atoms with Crippen LogP contribution in [0.2, 0.25) is 0 Å². The number of hydrogen-bond acceptors (Lipinski definition) is 17. The normalized spacial score (nSPS) is 14.4. The molecule has 0 aliphatic heterocycles. The largest absolute Gasteiger partial charge is 0.394 e. The minimum Gasteiger partial charge on any atom is -0.394 e. The Morgan fingerprint density at radius 2 is 0.991 bits per heavy atom. The molecule has 9 amide bonds. The molecule has 1 aromatic carbocycles. The van der Waals surface area contributed by atoms with E-state index in [1.165, 1.54) is 77.2 Å². The maximum absolute atomic E-state index is 14.1. The van der Waals surface area contributed by atoms with E-state index in [0.29, 0.717) is 25.0 Å². The van der Waals surface area contributed by atoms with Gasteiger partial charge in [0.25, 0.3) is 0 Å². The molecule has 0 aliphatic rings. The first-order valence-corrected chi connectivity index (χ1v) is 40.1. The first-order chi connectivity index (χ1) is 53.1. The molecule has 3 aromatic rings. The Kier molecular flexibility index (Phi) is 48.3. The molecule has 0 unspecified atom stereocenters. The first kappa shape index (κ1) is 98.5. The number of hydrogen-bond donors (Lipinski definition) is 16. The quantitative estimate of drug-likeness (QED) is 0.0204. The number of primary amides is 3. The number of aromatic nitrogens is 3. The highest BCUT2D eigenvalue weighted by Gasteiger charge is 2.37. The highest BCUT2D eigenvalue weighted by molar-refractivity contribution is 5.99. The van der Waals surface area contributed by atoms with Crippen molar-refractivity contribution in [3.05, 3.63) is 54.2 Å². The van der Waals surface area contributed by atoms with Crippen LogP contribution in [0.4, 0.5) is 0 Å². The summed E-state index contributed by atoms with van der Waals surface area (Å²) in [4.78, 5) is 188. The third kappa shape index (κ3) is 40.5. The van der Waals surface area contributed by atoms with E-state index in [1.54, 1.807) is 6.20 Å². The van der Waals surface area contributed by atoms with Crippen LogP contribution in [0.1, 0.15) is 247 Å². The maximum Gasteiger partial charge on any atom is 0.243 e. The van der Waals surface area contributed by atoms with Gasteiger partial charge in [-0.2, -0.15) is 0 Å². The van der Waals surface area contributed by atoms with Crippen molar-refractivity contribution in [2.75, 3.05) is 19.7 Å². The number of aliphatic hydroxyl groups is 1. The minimum absolute atomic E-state index is 0.0335. The zero-order valence-electron chi connectivity index (χ0n) is 67.8. The third-order valence-corrected chi connectivity index (χ3v) is 20.2. The predicted molar refractivity (Wildman–Crippen MR) is 432 cm³/mol. The van der Waals surface area contributed by atoms with E-state index in [1.807, 2.05) is 72.7 Å². The highest BCUT2D eigenvalue weighted by Crippen LogP contribution is 2.27. The second kappa shape index (κ2) is 54.9. The van der Waals surface area contributed by atoms with E-state index in [4.69, 9.17) is 40.1 Å². The Labute approximate surface area is 660 Å². The van der Waals surface area contributed by atoms with Gasteiger partial charge in [0.2, 0.25) is 53.2 Å². The van der Waals surface area contributed by atoms with Crippen LogP contribution in [0.3, 0.4) is 0 Å². The number of nitrogens with two attached hydrogens (primary N) is 7. The summed E-state index contributed by atoms with van der Waals surface area (Å²) in [5.41, 5.74) is 40.2. The van der Waals surface area contributed by atoms with Gasteiger partial charge in [0, 0.05) is 111 Å². The van der Waals surface area contributed by atoms with Gasteiger partial charge in [-0.1, -0.05) is 157 Å². The summed E-state index contributed by atoms with van der Waals surface area (Å²) in [6, 6.07) is 1.21. The SMILES string of the molecule is CCCCCCCCCCCCCCCC(=O)N[C@@H](CCCN=C(N)N)C(=O)N[C@@H](CO)C(=O)C[C@@H](CC(C)C)C(=O)N[C@@H](CCCN=C(N)N)C(=O)C[C@@H](CC(N)=O)C(=O)N[C@H](C)[C@@H](C)CC.CC[C@H](C)[C@H](CC(C)=O)C(=O)N[C@@H](Cc1cnc[nH]1)C(=O)C[C@@H](Cc1c[nH]c2ccccc12)C(=O)N[C@@H](CC(N)=O)C(N)=O. The van der Waals surface area contributed by atoms with Gasteiger partial charge in [-0.25, -0.2) is 4.98 Å². The lowest BCUT2D eigenvalue weighted by atomic mass is 9.86. The molecule has 112 heavy (non-hydrogen) atoms. The monoisotopic (exact) mass is 1570 g/mol. The number of aliphatic imine (C=N–C) groups is 2. The van der Waals surface area contributed by atoms with Crippen LogP contribution in [-0.2, 0) is 75.2 Å². The Bertz CT molecular complexity index is 3480. The van der Waals surface area contributed by atoms with E-state index >= 15 is 0 Å². The average molecular weight is 1570 g/mol. The summed E-state index contributed by atoms with van der Waals surface area (Å²) in [6.45, 7) is 16.5. The van der Waals surface area contributed by atoms with Gasteiger partial charge in [0.15, 0.2) is 29.3 Å². The summed E-state index contributed by atoms with van der Waals surface area (Å²) in [7, 11) is 0. The topological polar surface area (TPSA) is 566 Å². The number of unbranched alkanes of at least 4 members (excludes halogenated alkanes) is 12. The van der Waals surface area contributed by atoms with Crippen molar-refractivity contribution in [3.63, 3.8) is 0 Å². The van der Waals surface area contributed by atoms with Crippen molar-refractivity contribution < 1.29 is 67.4 Å². The molecule has 3 rings (SSSR count). The number of nitrogens with zero attached hydrogens (tertiary/aromatic N) is 3. The number of aliphatic hydroxyl groups excluding tert-OH is 1. The molecule has 0 bridgehead atoms. The number of rotatable bonds is 60. The number of ketones is 4. The number of H-pyrrole nitrogens is 2. The molecular formula is C80H134N18O14. The molecule has 0 fully saturated rings. The number of amides is 9. The molecule has 0 spiro atoms. The fourth-order valence-corrected chi connectivity index (χ4v) is 13.1. The Morgan fingerprint density at radius 1 is 0.491 bits per heavy atom. The third-order valence-electron chi connectivity index (χ3n) is 20.2. The molecule has 12 atom stereocenters. The Hall–Kier alpha value is -9.62. The Morgan fingerprint density at radius 3 is 1.52 bits per heavy atom. The van der Waals surface area contributed by atoms with Gasteiger partial charge in [-0.05, 0) is 88.2 Å². The van der Waals surface area contributed by atoms with Crippen molar-refractivity contribution in [3.8, 4) is 0 Å². The van der Waals surface area contributed by atoms with E-state index < -0.39 is 151 Å². The molecule has 32 nitrogen and oxygen atoms in total. The van der Waals surface area contributed by atoms with Gasteiger partial charge in [-0.15, -0.1) is 0 Å². The summed E-state index contributed by atoms with van der Waals surface area (Å²) in [6.07, 6.45) is 20.8. The van der Waals surface area contributed by atoms with E-state index in [-0.39, 0.29) is 118 Å². The van der Waals surface area contributed by atoms with Crippen molar-refractivity contribution in [2.45, 2.75) is 285 Å². The number of fused-ring (bicyclic) bond motifs is 1. The first-order valence-electron chi connectivity index (χ1n) is 40.1. The van der Waals surface area contributed by atoms with Crippen LogP contribution in [0, 0.1) is 41.4 Å². The number of benzene rings is 1. The smallest absolute Gasteiger partial charge is 0.243 e. The molecule has 0 radical (unpaired) electrons. The van der Waals surface area contributed by atoms with Crippen LogP contribution in [0.15, 0.2) is 53.0 Å². The second-order valence-corrected chi connectivity index (χ2v) is 30.3. The fraction of sp³-hybridized carbons (Fsp3) is 0.675. The number of carbonyl (C=O) groups excluding carboxylic acids is 13. The van der Waals surface area contributed by atoms with Crippen molar-refractivity contribution in [1.82, 2.24) is 46.9 Å². The predicted octanol–water partition coefficient (Wildman–Crippen LogP) is 4.87. The molecule has 0 aliphatic carbocycles. The molecule has 628 valence electrons. The fourth-order valence-electron chi connectivity index (χ4n) is 13.1. The molecule has 0 saturated heterocycles. The summed E-state index contributed by atoms with van der Waals surface area (Å²) in [5.74, 6) is -11.6. The van der Waals surface area contributed by atoms with Crippen LogP contribution >= 0.6 is 0 Å². The van der Waals surface area contributed by atoms with Gasteiger partial charge in [0.1, 0.15) is 23.9 Å². The zero-order chi connectivity index (χ0) is 83.8. The highest BCUT2D eigenvalue weighted by atomic mass is 16.3. The molecule has 2 heterocycles. The zero-order valence-corrected chi connectivity index (χ0v) is 67.8. The summed E-state index contributed by atoms with van der Waals surface area (Å²) < 4.78 is 0. The van der Waals surface area contributed by atoms with Crippen LogP contribution in [0.25, 0.3) is 10.9 Å². The number of para-hydroxylation sites is 1. The standard InChI is InChI=1S/C49H93N11O8.C31H41N7O6/c1-7-9-10-11-12-13-14-15-16-17-18-19-20-25-44(65)58-39(24-22-27-56-49(53)54)47(68)60-40(32-61)42(63)29-36(28-33(3)4)46(67)59-38(23-21-26-55-48(51)52)41(62)30-37(31-43(50)64)45(66)57-35(6)34(5)8-2;1-4-17(2)23(9-18(3)39)31(44)37-25(12-21-15-34-16-36-21)27(40)11-19(30(43)38-26(29(33)42)13-28(32)41)10-20-14-35-24-8-6-5-7-22(20)24/h33-40,61H,7-32H2,1-6H3,(H2,50,64)(H,57,66)(H,58,65)(H,59,67)(H,60,68)(H4,51,52,55)(H4,53,54,56);5-8,14-17,19,23,25-26,35H,4,9-13H2,1-3H3,(H2,32,41)(H2,33,42)(H,34,36)(H,37,44)(H,38,43)/t34-,35+,36+,37-,38-,39-,40-;17-,19+,23-,25-,26-/m00/s1. The maximum atomic E-state index is 14.1. The number of Topliss-reactive ketones (excluding diaryl/α,β-unsaturated/α-hetero) is 4. The van der Waals surface area contributed by atoms with Crippen LogP contribution in [0.5, 0.6) is 0 Å². The lowest BCUT2D eigenvalue weighted by molar-refractivity contribution is -0.136. The number of carbonyl (C=O) groups is 13. The number of guanidine groups is 2. The van der Waals surface area contributed by atoms with Crippen LogP contribution in [-0.4, -0.2) is 164 Å². The van der Waals surface area contributed by atoms with Crippen LogP contribution < -0.4 is 72.0 Å². The lowest BCUT2D eigenvalue weighted by Gasteiger charge is -2.26. The lowest BCUT2D eigenvalue weighted by Crippen LogP contribution is -2.53. The minimum atomic E-state index is -1.41. The van der Waals surface area contributed by atoms with Crippen molar-refractivity contribution in [1.29, 1.82) is 0 Å². The molecular weight excluding hydrogens is 1440 g/mol. The Balaban J connectivity index is 0.000000828. The second-order valence-electron chi connectivity index (χ2n) is 30.3. The van der Waals surface area contributed by atoms with E-state index in [0.717, 1.165) is 42.1 Å².